The summed E-state index contributed by atoms with van der Waals surface area (Å²) < 4.78 is 1.90. The van der Waals surface area contributed by atoms with E-state index in [1.165, 1.54) is 0 Å². The lowest BCUT2D eigenvalue weighted by atomic mass is 9.65. The number of hydrogen-bond acceptors (Lipinski definition) is 2. The highest BCUT2D eigenvalue weighted by atomic mass is 127. The number of aliphatic imine (C=N–C) groups is 1. The maximum absolute atomic E-state index is 4.46. The van der Waals surface area contributed by atoms with Crippen molar-refractivity contribution in [2.45, 2.75) is 39.8 Å². The van der Waals surface area contributed by atoms with Crippen LogP contribution >= 0.6 is 24.0 Å². The van der Waals surface area contributed by atoms with Crippen LogP contribution in [0.2, 0.25) is 0 Å². The monoisotopic (exact) mass is 453 g/mol. The molecule has 1 aromatic heterocycles. The van der Waals surface area contributed by atoms with Gasteiger partial charge in [0, 0.05) is 42.9 Å². The number of aromatic nitrogens is 2. The van der Waals surface area contributed by atoms with Crippen LogP contribution in [0.25, 0.3) is 5.69 Å². The fourth-order valence-electron chi connectivity index (χ4n) is 3.05. The lowest BCUT2D eigenvalue weighted by Gasteiger charge is -2.62. The first kappa shape index (κ1) is 19.8. The van der Waals surface area contributed by atoms with Crippen molar-refractivity contribution in [2.75, 3.05) is 13.6 Å². The molecule has 0 saturated carbocycles. The smallest absolute Gasteiger partial charge is 0.194 e. The molecule has 1 aromatic carbocycles. The molecule has 0 bridgehead atoms. The normalized spacial score (nSPS) is 18.3. The summed E-state index contributed by atoms with van der Waals surface area (Å²) >= 11 is 0. The number of halogens is 1. The zero-order chi connectivity index (χ0) is 17.4. The highest BCUT2D eigenvalue weighted by Gasteiger charge is 2.53. The van der Waals surface area contributed by atoms with Crippen molar-refractivity contribution < 1.29 is 0 Å². The lowest BCUT2D eigenvalue weighted by molar-refractivity contribution is -0.0667. The van der Waals surface area contributed by atoms with Gasteiger partial charge < -0.3 is 10.2 Å². The van der Waals surface area contributed by atoms with Crippen molar-refractivity contribution in [1.29, 1.82) is 0 Å². The number of nitrogens with zero attached hydrogens (tertiary/aromatic N) is 4. The largest absolute Gasteiger partial charge is 0.352 e. The number of benzene rings is 1. The van der Waals surface area contributed by atoms with Crippen LogP contribution in [0.1, 0.15) is 33.3 Å². The van der Waals surface area contributed by atoms with Gasteiger partial charge in [0.25, 0.3) is 0 Å². The fourth-order valence-corrected chi connectivity index (χ4v) is 3.05. The summed E-state index contributed by atoms with van der Waals surface area (Å²) in [7, 11) is 1.84. The molecular formula is C19H28IN5. The van der Waals surface area contributed by atoms with Gasteiger partial charge in [0.1, 0.15) is 0 Å². The molecule has 0 aliphatic carbocycles. The molecule has 0 spiro atoms. The van der Waals surface area contributed by atoms with E-state index in [1.54, 1.807) is 0 Å². The molecule has 1 saturated heterocycles. The predicted molar refractivity (Wildman–Crippen MR) is 114 cm³/mol. The van der Waals surface area contributed by atoms with Gasteiger partial charge in [-0.3, -0.25) is 4.99 Å². The Morgan fingerprint density at radius 2 is 1.88 bits per heavy atom. The summed E-state index contributed by atoms with van der Waals surface area (Å²) in [4.78, 5) is 6.80. The van der Waals surface area contributed by atoms with Crippen LogP contribution in [-0.2, 0) is 6.54 Å². The molecule has 2 aromatic rings. The molecule has 6 heteroatoms. The zero-order valence-corrected chi connectivity index (χ0v) is 18.0. The van der Waals surface area contributed by atoms with Gasteiger partial charge in [-0.15, -0.1) is 24.0 Å². The Hall–Kier alpha value is -1.57. The minimum atomic E-state index is 0. The number of para-hydroxylation sites is 1. The summed E-state index contributed by atoms with van der Waals surface area (Å²) in [5.74, 6) is 0.951. The molecule has 5 nitrogen and oxygen atoms in total. The van der Waals surface area contributed by atoms with Gasteiger partial charge in [-0.05, 0) is 26.0 Å². The minimum Gasteiger partial charge on any atom is -0.352 e. The van der Waals surface area contributed by atoms with Crippen LogP contribution in [0, 0.1) is 5.41 Å². The Balaban J connectivity index is 0.00000225. The maximum atomic E-state index is 4.46. The molecule has 1 N–H and O–H groups in total. The number of likely N-dealkylation sites (tertiary alicyclic amines) is 1. The molecule has 3 rings (SSSR count). The maximum Gasteiger partial charge on any atom is 0.194 e. The van der Waals surface area contributed by atoms with E-state index < -0.39 is 0 Å². The standard InChI is InChI=1S/C19H27N5.HI/c1-18(2)14-23(19(18,3)4)17(20-5)21-11-15-12-22-24(13-15)16-9-7-6-8-10-16;/h6-10,12-13H,11,14H2,1-5H3,(H,20,21);1H. The molecule has 25 heavy (non-hydrogen) atoms. The number of guanidine groups is 1. The van der Waals surface area contributed by atoms with Crippen LogP contribution in [-0.4, -0.2) is 39.8 Å². The van der Waals surface area contributed by atoms with E-state index in [9.17, 15) is 0 Å². The average Bonchev–Trinajstić information content (AvgIpc) is 3.04. The number of hydrogen-bond donors (Lipinski definition) is 1. The van der Waals surface area contributed by atoms with Crippen molar-refractivity contribution in [3.63, 3.8) is 0 Å². The third-order valence-corrected chi connectivity index (χ3v) is 5.46. The topological polar surface area (TPSA) is 45.5 Å². The SMILES string of the molecule is CN=C(NCc1cnn(-c2ccccc2)c1)N1CC(C)(C)C1(C)C.I. The Kier molecular flexibility index (Phi) is 5.81. The Morgan fingerprint density at radius 3 is 2.44 bits per heavy atom. The summed E-state index contributed by atoms with van der Waals surface area (Å²) in [6.45, 7) is 10.9. The third-order valence-electron chi connectivity index (χ3n) is 5.46. The Bertz CT molecular complexity index is 733. The minimum absolute atomic E-state index is 0. The van der Waals surface area contributed by atoms with Crippen LogP contribution in [0.4, 0.5) is 0 Å². The molecule has 1 fully saturated rings. The molecule has 0 atom stereocenters. The fraction of sp³-hybridized carbons (Fsp3) is 0.474. The molecular weight excluding hydrogens is 425 g/mol. The lowest BCUT2D eigenvalue weighted by Crippen LogP contribution is -2.72. The first-order chi connectivity index (χ1) is 11.3. The second-order valence-corrected chi connectivity index (χ2v) is 7.56. The highest BCUT2D eigenvalue weighted by Crippen LogP contribution is 2.46. The van der Waals surface area contributed by atoms with E-state index in [0.29, 0.717) is 12.0 Å². The van der Waals surface area contributed by atoms with Gasteiger partial charge in [-0.25, -0.2) is 4.68 Å². The van der Waals surface area contributed by atoms with Gasteiger partial charge in [0.15, 0.2) is 5.96 Å². The van der Waals surface area contributed by atoms with E-state index in [1.807, 2.05) is 48.3 Å². The second-order valence-electron chi connectivity index (χ2n) is 7.56. The second kappa shape index (κ2) is 7.35. The third kappa shape index (κ3) is 3.68. The van der Waals surface area contributed by atoms with Crippen LogP contribution in [0.5, 0.6) is 0 Å². The van der Waals surface area contributed by atoms with Crippen molar-refractivity contribution >= 4 is 29.9 Å². The van der Waals surface area contributed by atoms with Gasteiger partial charge in [-0.2, -0.15) is 5.10 Å². The number of rotatable bonds is 3. The van der Waals surface area contributed by atoms with Crippen molar-refractivity contribution in [3.8, 4) is 5.69 Å². The molecule has 1 aliphatic rings. The molecule has 136 valence electrons. The summed E-state index contributed by atoms with van der Waals surface area (Å²) in [6.07, 6.45) is 3.96. The molecule has 0 unspecified atom stereocenters. The molecule has 0 amide bonds. The van der Waals surface area contributed by atoms with E-state index in [4.69, 9.17) is 0 Å². The summed E-state index contributed by atoms with van der Waals surface area (Å²) in [6, 6.07) is 10.1. The average molecular weight is 453 g/mol. The van der Waals surface area contributed by atoms with Gasteiger partial charge in [0.05, 0.1) is 11.9 Å². The zero-order valence-electron chi connectivity index (χ0n) is 15.7. The quantitative estimate of drug-likeness (QED) is 0.438. The van der Waals surface area contributed by atoms with E-state index >= 15 is 0 Å². The van der Waals surface area contributed by atoms with Crippen LogP contribution in [0.15, 0.2) is 47.7 Å². The highest BCUT2D eigenvalue weighted by molar-refractivity contribution is 14.0. The van der Waals surface area contributed by atoms with E-state index in [0.717, 1.165) is 23.8 Å². The molecule has 2 heterocycles. The van der Waals surface area contributed by atoms with Crippen molar-refractivity contribution in [1.82, 2.24) is 20.0 Å². The Labute approximate surface area is 167 Å². The van der Waals surface area contributed by atoms with Crippen molar-refractivity contribution in [3.05, 3.63) is 48.3 Å². The molecule has 0 radical (unpaired) electrons. The van der Waals surface area contributed by atoms with Crippen LogP contribution in [0.3, 0.4) is 0 Å². The van der Waals surface area contributed by atoms with Gasteiger partial charge in [-0.1, -0.05) is 32.0 Å². The number of nitrogens with one attached hydrogen (secondary N) is 1. The first-order valence-corrected chi connectivity index (χ1v) is 8.42. The summed E-state index contributed by atoms with van der Waals surface area (Å²) in [5.41, 5.74) is 2.60. The van der Waals surface area contributed by atoms with Gasteiger partial charge >= 0.3 is 0 Å². The predicted octanol–water partition coefficient (Wildman–Crippen LogP) is 3.69. The van der Waals surface area contributed by atoms with Gasteiger partial charge in [0.2, 0.25) is 0 Å². The first-order valence-electron chi connectivity index (χ1n) is 8.42. The summed E-state index contributed by atoms with van der Waals surface area (Å²) in [5, 5.41) is 7.91. The van der Waals surface area contributed by atoms with Crippen LogP contribution < -0.4 is 5.32 Å². The van der Waals surface area contributed by atoms with E-state index in [2.05, 4.69) is 54.2 Å². The van der Waals surface area contributed by atoms with Crippen molar-refractivity contribution in [2.24, 2.45) is 10.4 Å². The Morgan fingerprint density at radius 1 is 1.20 bits per heavy atom. The molecule has 1 aliphatic heterocycles. The van der Waals surface area contributed by atoms with E-state index in [-0.39, 0.29) is 29.5 Å².